The number of para-hydroxylation sites is 2. The average molecular weight is 461 g/mol. The number of hydrogen-bond acceptors (Lipinski definition) is 7. The van der Waals surface area contributed by atoms with Crippen molar-refractivity contribution >= 4 is 27.6 Å². The van der Waals surface area contributed by atoms with Gasteiger partial charge in [0.15, 0.2) is 11.5 Å². The number of fused-ring (bicyclic) bond motifs is 1. The van der Waals surface area contributed by atoms with Crippen LogP contribution in [0.4, 0.5) is 5.69 Å². The van der Waals surface area contributed by atoms with Crippen molar-refractivity contribution in [1.82, 2.24) is 4.31 Å². The second kappa shape index (κ2) is 9.17. The molecule has 32 heavy (non-hydrogen) atoms. The third-order valence-electron chi connectivity index (χ3n) is 5.48. The van der Waals surface area contributed by atoms with Crippen molar-refractivity contribution in [1.29, 1.82) is 0 Å². The minimum absolute atomic E-state index is 0.0750. The molecule has 0 bridgehead atoms. The van der Waals surface area contributed by atoms with E-state index >= 15 is 0 Å². The van der Waals surface area contributed by atoms with Crippen LogP contribution in [0.2, 0.25) is 0 Å². The maximum absolute atomic E-state index is 13.0. The highest BCUT2D eigenvalue weighted by Gasteiger charge is 2.34. The van der Waals surface area contributed by atoms with E-state index < -0.39 is 33.9 Å². The molecule has 2 heterocycles. The van der Waals surface area contributed by atoms with Gasteiger partial charge in [-0.15, -0.1) is 0 Å². The molecule has 0 aliphatic carbocycles. The van der Waals surface area contributed by atoms with Crippen LogP contribution in [0.15, 0.2) is 53.4 Å². The molecule has 1 fully saturated rings. The zero-order valence-electron chi connectivity index (χ0n) is 17.5. The summed E-state index contributed by atoms with van der Waals surface area (Å²) >= 11 is 0. The van der Waals surface area contributed by atoms with Crippen LogP contribution in [0.5, 0.6) is 11.5 Å². The van der Waals surface area contributed by atoms with Crippen molar-refractivity contribution in [3.05, 3.63) is 48.5 Å². The number of esters is 1. The van der Waals surface area contributed by atoms with Gasteiger partial charge in [0.1, 0.15) is 6.61 Å². The Morgan fingerprint density at radius 1 is 1.09 bits per heavy atom. The van der Waals surface area contributed by atoms with E-state index in [0.29, 0.717) is 36.6 Å². The van der Waals surface area contributed by atoms with Gasteiger partial charge in [-0.2, -0.15) is 4.31 Å². The van der Waals surface area contributed by atoms with Gasteiger partial charge in [-0.25, -0.2) is 8.42 Å². The quantitative estimate of drug-likeness (QED) is 0.680. The van der Waals surface area contributed by atoms with Crippen molar-refractivity contribution in [3.63, 3.8) is 0 Å². The van der Waals surface area contributed by atoms with E-state index in [2.05, 4.69) is 5.32 Å². The molecule has 2 aliphatic rings. The molecule has 2 aromatic rings. The highest BCUT2D eigenvalue weighted by molar-refractivity contribution is 7.89. The van der Waals surface area contributed by atoms with Gasteiger partial charge < -0.3 is 19.5 Å². The molecule has 10 heteroatoms. The molecule has 0 aromatic heterocycles. The lowest BCUT2D eigenvalue weighted by Gasteiger charge is -2.30. The standard InChI is InChI=1S/C22H24N2O7S/c1-29-22(26)15-5-4-12-24(13-15)32(27,28)17-10-8-16(9-11-17)23-21(25)20-14-30-18-6-2-3-7-19(18)31-20/h2-3,6-11,15,20H,4-5,12-14H2,1H3,(H,23,25). The molecule has 2 atom stereocenters. The van der Waals surface area contributed by atoms with Crippen molar-refractivity contribution < 1.29 is 32.2 Å². The average Bonchev–Trinajstić information content (AvgIpc) is 2.83. The monoisotopic (exact) mass is 460 g/mol. The number of rotatable bonds is 5. The number of carbonyl (C=O) groups is 2. The second-order valence-electron chi connectivity index (χ2n) is 7.60. The first-order valence-electron chi connectivity index (χ1n) is 10.3. The van der Waals surface area contributed by atoms with Crippen LogP contribution in [-0.4, -0.2) is 57.5 Å². The normalized spacial score (nSPS) is 20.9. The van der Waals surface area contributed by atoms with E-state index in [1.165, 1.54) is 35.7 Å². The number of piperidine rings is 1. The molecule has 1 amide bonds. The fourth-order valence-electron chi connectivity index (χ4n) is 3.75. The summed E-state index contributed by atoms with van der Waals surface area (Å²) in [6.07, 6.45) is 0.359. The van der Waals surface area contributed by atoms with Gasteiger partial charge in [0.25, 0.3) is 5.91 Å². The second-order valence-corrected chi connectivity index (χ2v) is 9.54. The number of sulfonamides is 1. The van der Waals surface area contributed by atoms with E-state index in [0.717, 1.165) is 0 Å². The van der Waals surface area contributed by atoms with Crippen LogP contribution in [0.25, 0.3) is 0 Å². The first kappa shape index (κ1) is 22.1. The summed E-state index contributed by atoms with van der Waals surface area (Å²) in [6, 6.07) is 13.0. The first-order chi connectivity index (χ1) is 15.4. The van der Waals surface area contributed by atoms with Crippen LogP contribution >= 0.6 is 0 Å². The Bertz CT molecular complexity index is 1100. The Balaban J connectivity index is 1.40. The summed E-state index contributed by atoms with van der Waals surface area (Å²) in [5.74, 6) is -0.193. The lowest BCUT2D eigenvalue weighted by molar-refractivity contribution is -0.146. The summed E-state index contributed by atoms with van der Waals surface area (Å²) < 4.78 is 43.3. The minimum Gasteiger partial charge on any atom is -0.485 e. The molecule has 2 aromatic carbocycles. The number of nitrogens with one attached hydrogen (secondary N) is 1. The van der Waals surface area contributed by atoms with Crippen LogP contribution < -0.4 is 14.8 Å². The van der Waals surface area contributed by atoms with Crippen LogP contribution in [0.1, 0.15) is 12.8 Å². The Morgan fingerprint density at radius 2 is 1.81 bits per heavy atom. The highest BCUT2D eigenvalue weighted by Crippen LogP contribution is 2.31. The maximum atomic E-state index is 13.0. The Morgan fingerprint density at radius 3 is 2.53 bits per heavy atom. The first-order valence-corrected chi connectivity index (χ1v) is 11.7. The van der Waals surface area contributed by atoms with Gasteiger partial charge in [0.05, 0.1) is 17.9 Å². The zero-order chi connectivity index (χ0) is 22.7. The van der Waals surface area contributed by atoms with E-state index in [1.807, 2.05) is 6.07 Å². The van der Waals surface area contributed by atoms with Gasteiger partial charge in [-0.1, -0.05) is 12.1 Å². The van der Waals surface area contributed by atoms with Crippen molar-refractivity contribution in [2.45, 2.75) is 23.8 Å². The molecule has 2 aliphatic heterocycles. The van der Waals surface area contributed by atoms with E-state index in [-0.39, 0.29) is 18.0 Å². The number of carbonyl (C=O) groups excluding carboxylic acids is 2. The molecule has 4 rings (SSSR count). The molecule has 0 radical (unpaired) electrons. The predicted molar refractivity (Wildman–Crippen MR) is 115 cm³/mol. The van der Waals surface area contributed by atoms with Crippen LogP contribution in [0, 0.1) is 5.92 Å². The lowest BCUT2D eigenvalue weighted by Crippen LogP contribution is -2.42. The summed E-state index contributed by atoms with van der Waals surface area (Å²) in [7, 11) is -2.47. The zero-order valence-corrected chi connectivity index (χ0v) is 18.3. The number of nitrogens with zero attached hydrogens (tertiary/aromatic N) is 1. The highest BCUT2D eigenvalue weighted by atomic mass is 32.2. The molecular formula is C22H24N2O7S. The molecule has 9 nitrogen and oxygen atoms in total. The largest absolute Gasteiger partial charge is 0.485 e. The molecule has 0 saturated carbocycles. The van der Waals surface area contributed by atoms with Gasteiger partial charge >= 0.3 is 5.97 Å². The summed E-state index contributed by atoms with van der Waals surface area (Å²) in [6.45, 7) is 0.508. The Hall–Kier alpha value is -3.11. The summed E-state index contributed by atoms with van der Waals surface area (Å²) in [4.78, 5) is 24.5. The van der Waals surface area contributed by atoms with Gasteiger partial charge in [-0.05, 0) is 49.2 Å². The summed E-state index contributed by atoms with van der Waals surface area (Å²) in [5.41, 5.74) is 0.433. The molecule has 170 valence electrons. The molecule has 2 unspecified atom stereocenters. The minimum atomic E-state index is -3.77. The molecule has 0 spiro atoms. The van der Waals surface area contributed by atoms with E-state index in [1.54, 1.807) is 18.2 Å². The van der Waals surface area contributed by atoms with E-state index in [4.69, 9.17) is 14.2 Å². The number of anilines is 1. The molecular weight excluding hydrogens is 436 g/mol. The number of amides is 1. The van der Waals surface area contributed by atoms with Crippen LogP contribution in [0.3, 0.4) is 0 Å². The number of ether oxygens (including phenoxy) is 3. The van der Waals surface area contributed by atoms with Gasteiger partial charge in [0.2, 0.25) is 16.1 Å². The van der Waals surface area contributed by atoms with Crippen LogP contribution in [-0.2, 0) is 24.3 Å². The number of hydrogen-bond donors (Lipinski definition) is 1. The molecule has 1 N–H and O–H groups in total. The number of benzene rings is 2. The maximum Gasteiger partial charge on any atom is 0.309 e. The van der Waals surface area contributed by atoms with Crippen molar-refractivity contribution in [2.75, 3.05) is 32.1 Å². The lowest BCUT2D eigenvalue weighted by atomic mass is 10.0. The Kier molecular flexibility index (Phi) is 6.33. The van der Waals surface area contributed by atoms with Gasteiger partial charge in [0, 0.05) is 18.8 Å². The number of methoxy groups -OCH3 is 1. The SMILES string of the molecule is COC(=O)C1CCCN(S(=O)(=O)c2ccc(NC(=O)C3COc4ccccc4O3)cc2)C1. The third kappa shape index (κ3) is 4.56. The molecule has 1 saturated heterocycles. The fraction of sp³-hybridized carbons (Fsp3) is 0.364. The van der Waals surface area contributed by atoms with Gasteiger partial charge in [-0.3, -0.25) is 9.59 Å². The van der Waals surface area contributed by atoms with E-state index in [9.17, 15) is 18.0 Å². The smallest absolute Gasteiger partial charge is 0.309 e. The third-order valence-corrected chi connectivity index (χ3v) is 7.36. The van der Waals surface area contributed by atoms with Crippen molar-refractivity contribution in [2.24, 2.45) is 5.92 Å². The topological polar surface area (TPSA) is 111 Å². The predicted octanol–water partition coefficient (Wildman–Crippen LogP) is 2.04. The van der Waals surface area contributed by atoms with Crippen molar-refractivity contribution in [3.8, 4) is 11.5 Å². The fourth-order valence-corrected chi connectivity index (χ4v) is 5.27. The summed E-state index contributed by atoms with van der Waals surface area (Å²) in [5, 5.41) is 2.72. The Labute approximate surface area is 186 Å².